The quantitative estimate of drug-likeness (QED) is 0.588. The summed E-state index contributed by atoms with van der Waals surface area (Å²) in [6.07, 6.45) is 1.32. The molecule has 204 valence electrons. The minimum Gasteiger partial charge on any atom is -0.444 e. The maximum absolute atomic E-state index is 15.7. The predicted molar refractivity (Wildman–Crippen MR) is 139 cm³/mol. The average molecular weight is 527 g/mol. The van der Waals surface area contributed by atoms with Crippen molar-refractivity contribution in [1.82, 2.24) is 15.5 Å². The molecule has 0 saturated carbocycles. The van der Waals surface area contributed by atoms with Crippen molar-refractivity contribution in [2.75, 3.05) is 26.7 Å². The second-order valence-electron chi connectivity index (χ2n) is 10.4. The number of nitriles is 1. The number of carbonyl (C=O) groups is 3. The Labute approximate surface area is 222 Å². The normalized spacial score (nSPS) is 24.3. The Balaban J connectivity index is 1.74. The fraction of sp³-hybridized carbons (Fsp3) is 0.500. The van der Waals surface area contributed by atoms with Crippen LogP contribution in [-0.2, 0) is 19.1 Å². The van der Waals surface area contributed by atoms with Gasteiger partial charge in [0.25, 0.3) is 5.91 Å². The van der Waals surface area contributed by atoms with E-state index in [0.717, 1.165) is 5.56 Å². The zero-order valence-corrected chi connectivity index (χ0v) is 22.2. The van der Waals surface area contributed by atoms with Gasteiger partial charge in [-0.25, -0.2) is 9.18 Å². The summed E-state index contributed by atoms with van der Waals surface area (Å²) in [5.74, 6) is -1.24. The smallest absolute Gasteiger partial charge is 0.410 e. The van der Waals surface area contributed by atoms with Crippen LogP contribution in [0.15, 0.2) is 48.6 Å². The van der Waals surface area contributed by atoms with E-state index in [-0.39, 0.29) is 19.6 Å². The number of halogens is 1. The lowest BCUT2D eigenvalue weighted by Crippen LogP contribution is -2.52. The summed E-state index contributed by atoms with van der Waals surface area (Å²) in [5, 5.41) is 14.9. The monoisotopic (exact) mass is 526 g/mol. The highest BCUT2D eigenvalue weighted by Crippen LogP contribution is 2.39. The highest BCUT2D eigenvalue weighted by Gasteiger charge is 2.47. The molecule has 4 atom stereocenters. The topological polar surface area (TPSA) is 121 Å². The lowest BCUT2D eigenvalue weighted by Gasteiger charge is -2.35. The van der Waals surface area contributed by atoms with Crippen LogP contribution in [0, 0.1) is 16.7 Å². The molecule has 3 amide bonds. The van der Waals surface area contributed by atoms with Crippen molar-refractivity contribution in [2.24, 2.45) is 5.41 Å². The molecule has 2 N–H and O–H groups in total. The number of allylic oxidation sites excluding steroid dienone is 3. The van der Waals surface area contributed by atoms with E-state index in [1.807, 2.05) is 36.4 Å². The van der Waals surface area contributed by atoms with Gasteiger partial charge in [0.1, 0.15) is 23.2 Å². The van der Waals surface area contributed by atoms with Crippen molar-refractivity contribution in [3.05, 3.63) is 54.1 Å². The zero-order valence-electron chi connectivity index (χ0n) is 22.2. The molecule has 9 nitrogen and oxygen atoms in total. The first-order valence-corrected chi connectivity index (χ1v) is 12.6. The van der Waals surface area contributed by atoms with Crippen LogP contribution in [-0.4, -0.2) is 73.5 Å². The van der Waals surface area contributed by atoms with Gasteiger partial charge in [0.05, 0.1) is 12.6 Å². The number of rotatable bonds is 6. The van der Waals surface area contributed by atoms with Crippen LogP contribution < -0.4 is 10.6 Å². The molecule has 3 unspecified atom stereocenters. The Morgan fingerprint density at radius 2 is 2.00 bits per heavy atom. The van der Waals surface area contributed by atoms with Gasteiger partial charge in [0.2, 0.25) is 5.91 Å². The van der Waals surface area contributed by atoms with Crippen LogP contribution in [0.25, 0.3) is 5.57 Å². The molecule has 1 fully saturated rings. The van der Waals surface area contributed by atoms with Gasteiger partial charge in [0, 0.05) is 26.6 Å². The third-order valence-electron chi connectivity index (χ3n) is 6.37. The summed E-state index contributed by atoms with van der Waals surface area (Å²) in [6.45, 7) is 5.77. The first kappa shape index (κ1) is 28.9. The van der Waals surface area contributed by atoms with Gasteiger partial charge in [0.15, 0.2) is 6.10 Å². The Kier molecular flexibility index (Phi) is 9.28. The van der Waals surface area contributed by atoms with E-state index < -0.39 is 47.2 Å². The molecule has 38 heavy (non-hydrogen) atoms. The third-order valence-corrected chi connectivity index (χ3v) is 6.37. The highest BCUT2D eigenvalue weighted by atomic mass is 19.1. The number of benzene rings is 1. The minimum atomic E-state index is -1.74. The maximum atomic E-state index is 15.7. The van der Waals surface area contributed by atoms with Gasteiger partial charge in [-0.15, -0.1) is 0 Å². The Bertz CT molecular complexity index is 1120. The lowest BCUT2D eigenvalue weighted by molar-refractivity contribution is -0.135. The first-order valence-electron chi connectivity index (χ1n) is 12.6. The molecule has 3 rings (SSSR count). The number of ether oxygens (including phenoxy) is 2. The van der Waals surface area contributed by atoms with Crippen molar-refractivity contribution >= 4 is 23.5 Å². The Hall–Kier alpha value is -3.71. The van der Waals surface area contributed by atoms with Crippen LogP contribution in [0.5, 0.6) is 0 Å². The molecule has 1 aliphatic carbocycles. The van der Waals surface area contributed by atoms with Crippen LogP contribution in [0.4, 0.5) is 9.18 Å². The fourth-order valence-corrected chi connectivity index (χ4v) is 4.43. The van der Waals surface area contributed by atoms with Gasteiger partial charge in [-0.3, -0.25) is 9.59 Å². The van der Waals surface area contributed by atoms with E-state index in [1.54, 1.807) is 26.8 Å². The molecule has 0 bridgehead atoms. The van der Waals surface area contributed by atoms with E-state index in [2.05, 4.69) is 10.6 Å². The van der Waals surface area contributed by atoms with E-state index in [1.165, 1.54) is 24.1 Å². The summed E-state index contributed by atoms with van der Waals surface area (Å²) < 4.78 is 26.8. The molecule has 1 aliphatic heterocycles. The van der Waals surface area contributed by atoms with Gasteiger partial charge in [-0.05, 0) is 44.4 Å². The zero-order chi connectivity index (χ0) is 27.9. The van der Waals surface area contributed by atoms with Crippen molar-refractivity contribution in [3.8, 4) is 6.07 Å². The Morgan fingerprint density at radius 3 is 2.61 bits per heavy atom. The van der Waals surface area contributed by atoms with Crippen molar-refractivity contribution < 1.29 is 28.2 Å². The number of nitrogens with zero attached hydrogens (tertiary/aromatic N) is 2. The Morgan fingerprint density at radius 1 is 1.29 bits per heavy atom. The number of carbonyl (C=O) groups excluding carboxylic acids is 3. The fourth-order valence-electron chi connectivity index (χ4n) is 4.43. The van der Waals surface area contributed by atoms with Crippen molar-refractivity contribution in [2.45, 2.75) is 57.5 Å². The van der Waals surface area contributed by atoms with E-state index in [0.29, 0.717) is 18.5 Å². The number of hydrogen-bond donors (Lipinski definition) is 2. The van der Waals surface area contributed by atoms with E-state index >= 15 is 4.39 Å². The molecular weight excluding hydrogens is 491 g/mol. The maximum Gasteiger partial charge on any atom is 0.410 e. The molecule has 0 spiro atoms. The summed E-state index contributed by atoms with van der Waals surface area (Å²) in [4.78, 5) is 40.0. The van der Waals surface area contributed by atoms with E-state index in [9.17, 15) is 19.6 Å². The van der Waals surface area contributed by atoms with Crippen molar-refractivity contribution in [1.29, 1.82) is 5.26 Å². The van der Waals surface area contributed by atoms with Gasteiger partial charge in [-0.2, -0.15) is 5.26 Å². The molecule has 1 aromatic rings. The molecule has 0 radical (unpaired) electrons. The molecular formula is C28H35FN4O5. The van der Waals surface area contributed by atoms with Gasteiger partial charge < -0.3 is 25.0 Å². The lowest BCUT2D eigenvalue weighted by atomic mass is 9.72. The van der Waals surface area contributed by atoms with Crippen LogP contribution in [0.3, 0.4) is 0 Å². The second kappa shape index (κ2) is 12.2. The summed E-state index contributed by atoms with van der Waals surface area (Å²) in [6, 6.07) is 9.96. The van der Waals surface area contributed by atoms with Crippen LogP contribution in [0.1, 0.15) is 39.2 Å². The van der Waals surface area contributed by atoms with E-state index in [4.69, 9.17) is 9.47 Å². The van der Waals surface area contributed by atoms with Crippen LogP contribution in [0.2, 0.25) is 0 Å². The summed E-state index contributed by atoms with van der Waals surface area (Å²) >= 11 is 0. The number of amides is 3. The molecule has 1 aromatic carbocycles. The number of alkyl halides is 1. The van der Waals surface area contributed by atoms with Gasteiger partial charge in [-0.1, -0.05) is 42.5 Å². The van der Waals surface area contributed by atoms with Crippen LogP contribution >= 0.6 is 0 Å². The summed E-state index contributed by atoms with van der Waals surface area (Å²) in [5.41, 5.74) is -0.993. The third kappa shape index (κ3) is 6.98. The first-order chi connectivity index (χ1) is 18.0. The second-order valence-corrected chi connectivity index (χ2v) is 10.4. The summed E-state index contributed by atoms with van der Waals surface area (Å²) in [7, 11) is 1.39. The van der Waals surface area contributed by atoms with Crippen molar-refractivity contribution in [3.63, 3.8) is 0 Å². The molecule has 10 heteroatoms. The minimum absolute atomic E-state index is 0.0612. The number of nitrogens with one attached hydrogen (secondary N) is 2. The SMILES string of the molecule is CNC(=O)C1(CC(C#N)NC(=O)[C@@H]2CN(C(=O)OC(C)(C)C)CCCO2)C=CC(c2ccccc2)=CC1F. The molecule has 1 heterocycles. The molecule has 1 saturated heterocycles. The number of hydrogen-bond acceptors (Lipinski definition) is 6. The molecule has 2 aliphatic rings. The highest BCUT2D eigenvalue weighted by molar-refractivity contribution is 5.89. The molecule has 0 aromatic heterocycles. The average Bonchev–Trinajstić information content (AvgIpc) is 3.15. The standard InChI is InChI=1S/C28H35FN4O5/c1-27(2,3)38-26(36)33-13-8-14-37-22(18-33)24(34)32-21(17-30)16-28(25(35)31-4)12-11-20(15-23(28)29)19-9-6-5-7-10-19/h5-7,9-12,15,21-23H,8,13-14,16,18H2,1-4H3,(H,31,35)(H,32,34)/t21?,22-,23?,28?/m0/s1. The van der Waals surface area contributed by atoms with Gasteiger partial charge >= 0.3 is 6.09 Å². The largest absolute Gasteiger partial charge is 0.444 e. The predicted octanol–water partition coefficient (Wildman–Crippen LogP) is 3.13.